The summed E-state index contributed by atoms with van der Waals surface area (Å²) in [5.74, 6) is -1.39. The van der Waals surface area contributed by atoms with E-state index in [0.717, 1.165) is 0 Å². The molecule has 0 rings (SSSR count). The van der Waals surface area contributed by atoms with Crippen molar-refractivity contribution in [2.75, 3.05) is 0 Å². The van der Waals surface area contributed by atoms with E-state index in [2.05, 4.69) is 5.32 Å². The van der Waals surface area contributed by atoms with Crippen molar-refractivity contribution in [1.29, 1.82) is 0 Å². The lowest BCUT2D eigenvalue weighted by Gasteiger charge is -2.31. The maximum atomic E-state index is 10.9. The number of carbonyl (C=O) groups excluding carboxylic acids is 1. The molecule has 0 aromatic heterocycles. The number of aliphatic carboxylic acids is 1. The summed E-state index contributed by atoms with van der Waals surface area (Å²) in [6.07, 6.45) is 0.711. The molecule has 0 aliphatic heterocycles. The lowest BCUT2D eigenvalue weighted by atomic mass is 9.85. The Balaban J connectivity index is 4.72. The normalized spacial score (nSPS) is 17.2. The van der Waals surface area contributed by atoms with Gasteiger partial charge >= 0.3 is 5.97 Å². The Morgan fingerprint density at radius 3 is 2.23 bits per heavy atom. The van der Waals surface area contributed by atoms with Gasteiger partial charge in [-0.1, -0.05) is 20.3 Å². The summed E-state index contributed by atoms with van der Waals surface area (Å²) < 4.78 is 0. The molecule has 2 N–H and O–H groups in total. The summed E-state index contributed by atoms with van der Waals surface area (Å²) in [7, 11) is 0. The van der Waals surface area contributed by atoms with Crippen LogP contribution in [0.1, 0.15) is 34.1 Å². The highest BCUT2D eigenvalue weighted by atomic mass is 16.4. The Bertz CT molecular complexity index is 215. The fourth-order valence-electron chi connectivity index (χ4n) is 1.16. The number of carbonyl (C=O) groups is 2. The number of carboxylic acid groups (broad SMARTS) is 1. The van der Waals surface area contributed by atoms with E-state index in [1.165, 1.54) is 13.8 Å². The molecule has 0 bridgehead atoms. The number of amides is 1. The Labute approximate surface area is 78.3 Å². The van der Waals surface area contributed by atoms with Gasteiger partial charge in [-0.3, -0.25) is 4.79 Å². The summed E-state index contributed by atoms with van der Waals surface area (Å²) in [5, 5.41) is 11.4. The Morgan fingerprint density at radius 1 is 1.54 bits per heavy atom. The van der Waals surface area contributed by atoms with Crippen LogP contribution in [-0.4, -0.2) is 22.5 Å². The fraction of sp³-hybridized carbons (Fsp3) is 0.778. The van der Waals surface area contributed by atoms with Crippen molar-refractivity contribution in [2.45, 2.75) is 39.7 Å². The van der Waals surface area contributed by atoms with Crippen LogP contribution >= 0.6 is 0 Å². The molecule has 0 aromatic carbocycles. The van der Waals surface area contributed by atoms with Crippen molar-refractivity contribution in [3.05, 3.63) is 0 Å². The first-order valence-electron chi connectivity index (χ1n) is 4.36. The smallest absolute Gasteiger partial charge is 0.329 e. The van der Waals surface area contributed by atoms with E-state index in [1.807, 2.05) is 13.8 Å². The minimum atomic E-state index is -1.15. The van der Waals surface area contributed by atoms with E-state index in [1.54, 1.807) is 0 Å². The molecule has 0 aliphatic carbocycles. The van der Waals surface area contributed by atoms with Crippen LogP contribution in [0.3, 0.4) is 0 Å². The zero-order valence-electron chi connectivity index (χ0n) is 8.55. The zero-order chi connectivity index (χ0) is 10.6. The van der Waals surface area contributed by atoms with Gasteiger partial charge in [-0.05, 0) is 12.8 Å². The van der Waals surface area contributed by atoms with E-state index < -0.39 is 11.5 Å². The molecule has 4 nitrogen and oxygen atoms in total. The van der Waals surface area contributed by atoms with Gasteiger partial charge in [0.15, 0.2) is 0 Å². The maximum Gasteiger partial charge on any atom is 0.329 e. The van der Waals surface area contributed by atoms with Crippen molar-refractivity contribution in [1.82, 2.24) is 5.32 Å². The highest BCUT2D eigenvalue weighted by Crippen LogP contribution is 2.20. The molecule has 76 valence electrons. The fourth-order valence-corrected chi connectivity index (χ4v) is 1.16. The van der Waals surface area contributed by atoms with E-state index in [9.17, 15) is 9.59 Å². The van der Waals surface area contributed by atoms with Gasteiger partial charge in [0.25, 0.3) is 0 Å². The van der Waals surface area contributed by atoms with Crippen molar-refractivity contribution in [3.8, 4) is 0 Å². The molecule has 4 heteroatoms. The summed E-state index contributed by atoms with van der Waals surface area (Å²) in [4.78, 5) is 21.8. The maximum absolute atomic E-state index is 10.9. The minimum absolute atomic E-state index is 0.0890. The average molecular weight is 187 g/mol. The molecule has 2 atom stereocenters. The second-order valence-electron chi connectivity index (χ2n) is 3.50. The lowest BCUT2D eigenvalue weighted by molar-refractivity contribution is -0.149. The van der Waals surface area contributed by atoms with Crippen LogP contribution in [0, 0.1) is 5.92 Å². The van der Waals surface area contributed by atoms with Gasteiger partial charge in [-0.25, -0.2) is 4.79 Å². The third kappa shape index (κ3) is 2.72. The molecule has 0 spiro atoms. The van der Waals surface area contributed by atoms with E-state index >= 15 is 0 Å². The Hall–Kier alpha value is -1.06. The number of rotatable bonds is 4. The third-order valence-corrected chi connectivity index (χ3v) is 2.48. The molecular weight excluding hydrogens is 170 g/mol. The summed E-state index contributed by atoms with van der Waals surface area (Å²) in [5.41, 5.74) is -1.15. The molecule has 0 fully saturated rings. The number of hydrogen-bond donors (Lipinski definition) is 2. The number of hydrogen-bond acceptors (Lipinski definition) is 2. The summed E-state index contributed by atoms with van der Waals surface area (Å²) in [6.45, 7) is 6.56. The first kappa shape index (κ1) is 11.9. The van der Waals surface area contributed by atoms with Crippen LogP contribution in [0.5, 0.6) is 0 Å². The summed E-state index contributed by atoms with van der Waals surface area (Å²) >= 11 is 0. The van der Waals surface area contributed by atoms with Gasteiger partial charge < -0.3 is 10.4 Å². The third-order valence-electron chi connectivity index (χ3n) is 2.48. The zero-order valence-corrected chi connectivity index (χ0v) is 8.55. The van der Waals surface area contributed by atoms with Gasteiger partial charge in [0, 0.05) is 6.92 Å². The number of nitrogens with one attached hydrogen (secondary N) is 1. The predicted octanol–water partition coefficient (Wildman–Crippen LogP) is 1.01. The highest BCUT2D eigenvalue weighted by Gasteiger charge is 2.38. The SMILES string of the molecule is CCC(C)C(C)(NC(C)=O)C(=O)O. The van der Waals surface area contributed by atoms with Gasteiger partial charge in [-0.15, -0.1) is 0 Å². The van der Waals surface area contributed by atoms with Crippen LogP contribution in [0.25, 0.3) is 0 Å². The topological polar surface area (TPSA) is 66.4 Å². The predicted molar refractivity (Wildman–Crippen MR) is 49.3 cm³/mol. The van der Waals surface area contributed by atoms with Crippen molar-refractivity contribution in [2.24, 2.45) is 5.92 Å². The highest BCUT2D eigenvalue weighted by molar-refractivity contribution is 5.85. The molecule has 0 aliphatic rings. The molecule has 2 unspecified atom stereocenters. The average Bonchev–Trinajstić information content (AvgIpc) is 2.01. The van der Waals surface area contributed by atoms with Crippen molar-refractivity contribution >= 4 is 11.9 Å². The molecule has 1 amide bonds. The second-order valence-corrected chi connectivity index (χ2v) is 3.50. The molecule has 0 saturated carbocycles. The lowest BCUT2D eigenvalue weighted by Crippen LogP contribution is -2.55. The van der Waals surface area contributed by atoms with Gasteiger partial charge in [0.2, 0.25) is 5.91 Å². The van der Waals surface area contributed by atoms with Crippen LogP contribution in [0.4, 0.5) is 0 Å². The monoisotopic (exact) mass is 187 g/mol. The van der Waals surface area contributed by atoms with Crippen LogP contribution in [0.2, 0.25) is 0 Å². The summed E-state index contributed by atoms with van der Waals surface area (Å²) in [6, 6.07) is 0. The van der Waals surface area contributed by atoms with E-state index in [4.69, 9.17) is 5.11 Å². The van der Waals surface area contributed by atoms with Crippen molar-refractivity contribution < 1.29 is 14.7 Å². The van der Waals surface area contributed by atoms with Gasteiger partial charge in [-0.2, -0.15) is 0 Å². The van der Waals surface area contributed by atoms with Crippen LogP contribution in [-0.2, 0) is 9.59 Å². The van der Waals surface area contributed by atoms with Crippen molar-refractivity contribution in [3.63, 3.8) is 0 Å². The van der Waals surface area contributed by atoms with E-state index in [0.29, 0.717) is 6.42 Å². The molecule has 0 saturated heterocycles. The molecule has 13 heavy (non-hydrogen) atoms. The van der Waals surface area contributed by atoms with Gasteiger partial charge in [0.1, 0.15) is 5.54 Å². The van der Waals surface area contributed by atoms with Crippen LogP contribution in [0.15, 0.2) is 0 Å². The Morgan fingerprint density at radius 2 is 2.00 bits per heavy atom. The first-order chi connectivity index (χ1) is 5.84. The molecule has 0 heterocycles. The quantitative estimate of drug-likeness (QED) is 0.690. The number of carboxylic acids is 1. The van der Waals surface area contributed by atoms with E-state index in [-0.39, 0.29) is 11.8 Å². The minimum Gasteiger partial charge on any atom is -0.480 e. The van der Waals surface area contributed by atoms with Crippen LogP contribution < -0.4 is 5.32 Å². The largest absolute Gasteiger partial charge is 0.480 e. The molecule has 0 aromatic rings. The van der Waals surface area contributed by atoms with Gasteiger partial charge in [0.05, 0.1) is 0 Å². The molecule has 0 radical (unpaired) electrons. The second kappa shape index (κ2) is 4.25. The Kier molecular flexibility index (Phi) is 3.91. The molecular formula is C9H17NO3. The standard InChI is InChI=1S/C9H17NO3/c1-5-6(2)9(4,8(12)13)10-7(3)11/h6H,5H2,1-4H3,(H,10,11)(H,12,13). The first-order valence-corrected chi connectivity index (χ1v) is 4.36.